The third-order valence-electron chi connectivity index (χ3n) is 7.86. The number of hydrogen-bond acceptors (Lipinski definition) is 2. The fraction of sp³-hybridized carbons (Fsp3) is 0.882. The van der Waals surface area contributed by atoms with Crippen LogP contribution in [0.15, 0.2) is 12.2 Å². The predicted octanol–water partition coefficient (Wildman–Crippen LogP) is 11.3. The van der Waals surface area contributed by atoms with Crippen LogP contribution in [0, 0.1) is 5.92 Å². The van der Waals surface area contributed by atoms with E-state index in [2.05, 4.69) is 19.1 Å². The van der Waals surface area contributed by atoms with Crippen LogP contribution < -0.4 is 0 Å². The second-order valence-corrected chi connectivity index (χ2v) is 11.6. The van der Waals surface area contributed by atoms with Gasteiger partial charge in [0, 0.05) is 6.42 Å². The summed E-state index contributed by atoms with van der Waals surface area (Å²) in [6, 6.07) is 0. The Morgan fingerprint density at radius 2 is 0.842 bits per heavy atom. The van der Waals surface area contributed by atoms with Crippen LogP contribution in [-0.4, -0.2) is 22.2 Å². The van der Waals surface area contributed by atoms with E-state index in [1.54, 1.807) is 0 Å². The van der Waals surface area contributed by atoms with Gasteiger partial charge in [0.15, 0.2) is 0 Å². The molecular weight excluding hydrogens is 472 g/mol. The average molecular weight is 537 g/mol. The van der Waals surface area contributed by atoms with E-state index in [0.717, 1.165) is 51.4 Å². The van der Waals surface area contributed by atoms with Crippen LogP contribution in [0.5, 0.6) is 0 Å². The molecule has 0 fully saturated rings. The van der Waals surface area contributed by atoms with Crippen LogP contribution in [0.4, 0.5) is 0 Å². The molecule has 0 aliphatic heterocycles. The molecule has 0 saturated carbocycles. The van der Waals surface area contributed by atoms with Crippen molar-refractivity contribution in [2.45, 2.75) is 187 Å². The van der Waals surface area contributed by atoms with E-state index in [1.807, 2.05) is 0 Å². The molecule has 0 amide bonds. The van der Waals surface area contributed by atoms with Crippen LogP contribution in [0.25, 0.3) is 0 Å². The summed E-state index contributed by atoms with van der Waals surface area (Å²) in [5, 5.41) is 18.2. The SMILES string of the molecule is CCCCCCCCCCCCCCC(CCCCCCCCC=CCCCCCCCC(=O)O)C(=O)O. The standard InChI is InChI=1S/C34H64O4/c1-2-3-4-5-6-7-8-14-17-20-23-26-29-32(34(37)38)30-27-24-21-18-15-12-10-9-11-13-16-19-22-25-28-31-33(35)36/h9,11,32H,2-8,10,12-31H2,1H3,(H,35,36)(H,37,38). The Hall–Kier alpha value is -1.32. The zero-order valence-corrected chi connectivity index (χ0v) is 25.2. The molecule has 1 atom stereocenters. The van der Waals surface area contributed by atoms with Gasteiger partial charge in [-0.25, -0.2) is 0 Å². The fourth-order valence-electron chi connectivity index (χ4n) is 5.29. The van der Waals surface area contributed by atoms with Gasteiger partial charge < -0.3 is 10.2 Å². The molecule has 0 radical (unpaired) electrons. The topological polar surface area (TPSA) is 74.6 Å². The molecule has 0 spiro atoms. The van der Waals surface area contributed by atoms with Crippen molar-refractivity contribution in [1.29, 1.82) is 0 Å². The van der Waals surface area contributed by atoms with Gasteiger partial charge in [-0.15, -0.1) is 0 Å². The number of aliphatic carboxylic acids is 2. The Labute approximate surface area is 236 Å². The summed E-state index contributed by atoms with van der Waals surface area (Å²) >= 11 is 0. The fourth-order valence-corrected chi connectivity index (χ4v) is 5.29. The molecule has 0 heterocycles. The van der Waals surface area contributed by atoms with Gasteiger partial charge in [-0.3, -0.25) is 9.59 Å². The van der Waals surface area contributed by atoms with E-state index in [0.29, 0.717) is 6.42 Å². The van der Waals surface area contributed by atoms with Gasteiger partial charge in [-0.2, -0.15) is 0 Å². The number of carboxylic acids is 2. The van der Waals surface area contributed by atoms with E-state index in [9.17, 15) is 14.7 Å². The summed E-state index contributed by atoms with van der Waals surface area (Å²) in [6.45, 7) is 2.27. The molecule has 4 nitrogen and oxygen atoms in total. The Morgan fingerprint density at radius 3 is 1.21 bits per heavy atom. The van der Waals surface area contributed by atoms with Gasteiger partial charge in [-0.05, 0) is 44.9 Å². The third kappa shape index (κ3) is 29.2. The van der Waals surface area contributed by atoms with E-state index in [-0.39, 0.29) is 5.92 Å². The molecule has 0 aromatic rings. The van der Waals surface area contributed by atoms with Gasteiger partial charge in [0.2, 0.25) is 0 Å². The molecule has 0 saturated heterocycles. The van der Waals surface area contributed by atoms with Gasteiger partial charge in [0.25, 0.3) is 0 Å². The molecule has 1 unspecified atom stereocenters. The van der Waals surface area contributed by atoms with Gasteiger partial charge in [-0.1, -0.05) is 147 Å². The summed E-state index contributed by atoms with van der Waals surface area (Å²) in [6.07, 6.45) is 37.5. The quantitative estimate of drug-likeness (QED) is 0.0682. The molecule has 0 aromatic heterocycles. The molecule has 2 N–H and O–H groups in total. The van der Waals surface area contributed by atoms with Crippen molar-refractivity contribution in [1.82, 2.24) is 0 Å². The minimum Gasteiger partial charge on any atom is -0.481 e. The van der Waals surface area contributed by atoms with Crippen LogP contribution in [0.2, 0.25) is 0 Å². The first-order chi connectivity index (χ1) is 18.6. The van der Waals surface area contributed by atoms with E-state index in [4.69, 9.17) is 5.11 Å². The Bertz CT molecular complexity index is 543. The maximum absolute atomic E-state index is 11.6. The molecule has 0 aromatic carbocycles. The van der Waals surface area contributed by atoms with Crippen molar-refractivity contribution in [3.63, 3.8) is 0 Å². The van der Waals surface area contributed by atoms with Crippen LogP contribution >= 0.6 is 0 Å². The van der Waals surface area contributed by atoms with Gasteiger partial charge in [0.1, 0.15) is 0 Å². The number of carboxylic acid groups (broad SMARTS) is 2. The van der Waals surface area contributed by atoms with E-state index < -0.39 is 11.9 Å². The van der Waals surface area contributed by atoms with Crippen molar-refractivity contribution < 1.29 is 19.8 Å². The number of carbonyl (C=O) groups is 2. The molecule has 0 aliphatic rings. The maximum atomic E-state index is 11.6. The second-order valence-electron chi connectivity index (χ2n) is 11.6. The molecule has 0 rings (SSSR count). The van der Waals surface area contributed by atoms with E-state index in [1.165, 1.54) is 122 Å². The van der Waals surface area contributed by atoms with Gasteiger partial charge in [0.05, 0.1) is 5.92 Å². The number of allylic oxidation sites excluding steroid dienone is 2. The highest BCUT2D eigenvalue weighted by atomic mass is 16.4. The van der Waals surface area contributed by atoms with Crippen molar-refractivity contribution in [2.75, 3.05) is 0 Å². The molecule has 38 heavy (non-hydrogen) atoms. The summed E-state index contributed by atoms with van der Waals surface area (Å²) in [4.78, 5) is 22.1. The zero-order valence-electron chi connectivity index (χ0n) is 25.2. The summed E-state index contributed by atoms with van der Waals surface area (Å²) in [5.74, 6) is -1.40. The zero-order chi connectivity index (χ0) is 27.9. The minimum atomic E-state index is -0.681. The monoisotopic (exact) mass is 536 g/mol. The summed E-state index contributed by atoms with van der Waals surface area (Å²) < 4.78 is 0. The van der Waals surface area contributed by atoms with Crippen LogP contribution in [-0.2, 0) is 9.59 Å². The van der Waals surface area contributed by atoms with Crippen molar-refractivity contribution in [2.24, 2.45) is 5.92 Å². The van der Waals surface area contributed by atoms with Crippen molar-refractivity contribution in [3.8, 4) is 0 Å². The predicted molar refractivity (Wildman–Crippen MR) is 163 cm³/mol. The lowest BCUT2D eigenvalue weighted by Gasteiger charge is -2.12. The molecule has 0 aliphatic carbocycles. The highest BCUT2D eigenvalue weighted by molar-refractivity contribution is 5.69. The average Bonchev–Trinajstić information content (AvgIpc) is 2.89. The summed E-state index contributed by atoms with van der Waals surface area (Å²) in [5.41, 5.74) is 0. The maximum Gasteiger partial charge on any atom is 0.306 e. The lowest BCUT2D eigenvalue weighted by Crippen LogP contribution is -2.13. The normalized spacial score (nSPS) is 12.3. The van der Waals surface area contributed by atoms with Crippen LogP contribution in [0.3, 0.4) is 0 Å². The van der Waals surface area contributed by atoms with Crippen molar-refractivity contribution >= 4 is 11.9 Å². The van der Waals surface area contributed by atoms with Crippen LogP contribution in [0.1, 0.15) is 187 Å². The van der Waals surface area contributed by atoms with Crippen molar-refractivity contribution in [3.05, 3.63) is 12.2 Å². The third-order valence-corrected chi connectivity index (χ3v) is 7.86. The van der Waals surface area contributed by atoms with E-state index >= 15 is 0 Å². The highest BCUT2D eigenvalue weighted by Gasteiger charge is 2.16. The minimum absolute atomic E-state index is 0.131. The molecule has 224 valence electrons. The Balaban J connectivity index is 3.44. The smallest absolute Gasteiger partial charge is 0.306 e. The number of rotatable bonds is 31. The first kappa shape index (κ1) is 36.7. The second kappa shape index (κ2) is 30.2. The highest BCUT2D eigenvalue weighted by Crippen LogP contribution is 2.20. The van der Waals surface area contributed by atoms with Gasteiger partial charge >= 0.3 is 11.9 Å². The first-order valence-corrected chi connectivity index (χ1v) is 16.7. The first-order valence-electron chi connectivity index (χ1n) is 16.7. The molecular formula is C34H64O4. The Kier molecular flexibility index (Phi) is 29.2. The molecule has 0 bridgehead atoms. The lowest BCUT2D eigenvalue weighted by molar-refractivity contribution is -0.142. The summed E-state index contributed by atoms with van der Waals surface area (Å²) in [7, 11) is 0. The largest absolute Gasteiger partial charge is 0.481 e. The Morgan fingerprint density at radius 1 is 0.500 bits per heavy atom. The number of unbranched alkanes of at least 4 members (excludes halogenated alkanes) is 22. The molecule has 4 heteroatoms. The lowest BCUT2D eigenvalue weighted by atomic mass is 9.94. The number of hydrogen-bond donors (Lipinski definition) is 2.